The minimum atomic E-state index is -0.151. The first-order chi connectivity index (χ1) is 14.5. The lowest BCUT2D eigenvalue weighted by molar-refractivity contribution is 0.415. The molecule has 3 aromatic rings. The van der Waals surface area contributed by atoms with E-state index in [1.54, 1.807) is 13.2 Å². The number of hydrogen-bond donors (Lipinski definition) is 1. The fraction of sp³-hybridized carbons (Fsp3) is 0.292. The second kappa shape index (κ2) is 8.53. The number of benzene rings is 2. The number of rotatable bonds is 6. The molecule has 0 aliphatic carbocycles. The van der Waals surface area contributed by atoms with Gasteiger partial charge in [-0.25, -0.2) is 4.98 Å². The van der Waals surface area contributed by atoms with Crippen molar-refractivity contribution in [3.05, 3.63) is 87.6 Å². The van der Waals surface area contributed by atoms with Gasteiger partial charge >= 0.3 is 0 Å². The van der Waals surface area contributed by atoms with E-state index < -0.39 is 0 Å². The van der Waals surface area contributed by atoms with Crippen LogP contribution in [0.4, 0.5) is 5.69 Å². The van der Waals surface area contributed by atoms with Crippen LogP contribution < -0.4 is 15.6 Å². The third-order valence-corrected chi connectivity index (χ3v) is 5.26. The number of methoxy groups -OCH3 is 1. The molecule has 0 fully saturated rings. The van der Waals surface area contributed by atoms with Gasteiger partial charge in [-0.1, -0.05) is 44.2 Å². The van der Waals surface area contributed by atoms with Gasteiger partial charge in [-0.05, 0) is 30.0 Å². The molecule has 0 unspecified atom stereocenters. The minimum Gasteiger partial charge on any atom is -0.497 e. The Labute approximate surface area is 176 Å². The molecule has 30 heavy (non-hydrogen) atoms. The molecule has 154 valence electrons. The molecule has 0 radical (unpaired) electrons. The van der Waals surface area contributed by atoms with Crippen molar-refractivity contribution in [2.45, 2.75) is 39.2 Å². The molecule has 2 aromatic carbocycles. The smallest absolute Gasteiger partial charge is 0.274 e. The van der Waals surface area contributed by atoms with Crippen LogP contribution in [0.3, 0.4) is 0 Å². The van der Waals surface area contributed by atoms with Crippen molar-refractivity contribution < 1.29 is 4.74 Å². The second-order valence-corrected chi connectivity index (χ2v) is 7.69. The Morgan fingerprint density at radius 2 is 1.93 bits per heavy atom. The van der Waals surface area contributed by atoms with Crippen LogP contribution in [-0.2, 0) is 13.0 Å². The van der Waals surface area contributed by atoms with Gasteiger partial charge in [0.25, 0.3) is 5.56 Å². The lowest BCUT2D eigenvalue weighted by Gasteiger charge is -2.20. The fourth-order valence-electron chi connectivity index (χ4n) is 3.71. The van der Waals surface area contributed by atoms with E-state index >= 15 is 0 Å². The zero-order valence-electron chi connectivity index (χ0n) is 17.6. The number of fused-ring (bicyclic) bond motifs is 1. The van der Waals surface area contributed by atoms with Gasteiger partial charge in [0.2, 0.25) is 0 Å². The van der Waals surface area contributed by atoms with E-state index in [4.69, 9.17) is 4.74 Å². The zero-order chi connectivity index (χ0) is 21.1. The van der Waals surface area contributed by atoms with E-state index in [0.717, 1.165) is 29.1 Å². The highest BCUT2D eigenvalue weighted by Gasteiger charge is 2.19. The van der Waals surface area contributed by atoms with E-state index in [1.165, 1.54) is 10.2 Å². The highest BCUT2D eigenvalue weighted by atomic mass is 16.5. The van der Waals surface area contributed by atoms with Crippen molar-refractivity contribution >= 4 is 11.4 Å². The van der Waals surface area contributed by atoms with Gasteiger partial charge in [0.05, 0.1) is 25.1 Å². The zero-order valence-corrected chi connectivity index (χ0v) is 17.6. The Kier molecular flexibility index (Phi) is 5.65. The predicted molar refractivity (Wildman–Crippen MR) is 120 cm³/mol. The van der Waals surface area contributed by atoms with Crippen LogP contribution in [0.2, 0.25) is 0 Å². The van der Waals surface area contributed by atoms with Crippen molar-refractivity contribution in [2.24, 2.45) is 5.10 Å². The lowest BCUT2D eigenvalue weighted by Crippen LogP contribution is -2.28. The Balaban J connectivity index is 1.59. The van der Waals surface area contributed by atoms with Crippen LogP contribution in [0.25, 0.3) is 0 Å². The maximum absolute atomic E-state index is 12.8. The molecule has 0 amide bonds. The molecule has 6 heteroatoms. The number of hydrogen-bond acceptors (Lipinski definition) is 5. The molecule has 0 spiro atoms. The molecule has 6 nitrogen and oxygen atoms in total. The van der Waals surface area contributed by atoms with E-state index in [0.29, 0.717) is 30.4 Å². The summed E-state index contributed by atoms with van der Waals surface area (Å²) >= 11 is 0. The number of anilines is 1. The third kappa shape index (κ3) is 4.13. The SMILES string of the molecule is COc1cccc(NCc2cc(=O)n3c(n2)CCC(c2ccccc2C(C)C)=N3)c1. The van der Waals surface area contributed by atoms with Gasteiger partial charge < -0.3 is 10.1 Å². The summed E-state index contributed by atoms with van der Waals surface area (Å²) in [5.41, 5.74) is 4.78. The maximum atomic E-state index is 12.8. The van der Waals surface area contributed by atoms with Gasteiger partial charge in [-0.15, -0.1) is 0 Å². The predicted octanol–water partition coefficient (Wildman–Crippen LogP) is 4.19. The van der Waals surface area contributed by atoms with Gasteiger partial charge in [-0.3, -0.25) is 4.79 Å². The van der Waals surface area contributed by atoms with E-state index in [2.05, 4.69) is 41.4 Å². The maximum Gasteiger partial charge on any atom is 0.274 e. The molecule has 1 aliphatic rings. The van der Waals surface area contributed by atoms with Crippen LogP contribution in [0.1, 0.15) is 48.8 Å². The second-order valence-electron chi connectivity index (χ2n) is 7.69. The Morgan fingerprint density at radius 1 is 1.10 bits per heavy atom. The molecular formula is C24H26N4O2. The molecular weight excluding hydrogens is 376 g/mol. The molecule has 1 N–H and O–H groups in total. The molecule has 0 saturated heterocycles. The summed E-state index contributed by atoms with van der Waals surface area (Å²) in [5.74, 6) is 1.88. The van der Waals surface area contributed by atoms with Crippen molar-refractivity contribution in [3.8, 4) is 5.75 Å². The minimum absolute atomic E-state index is 0.151. The van der Waals surface area contributed by atoms with E-state index in [1.807, 2.05) is 36.4 Å². The standard InChI is InChI=1S/C24H26N4O2/c1-16(2)20-9-4-5-10-21(20)22-11-12-23-26-18(14-24(29)28(23)27-22)15-25-17-7-6-8-19(13-17)30-3/h4-10,13-14,16,25H,11-12,15H2,1-3H3. The summed E-state index contributed by atoms with van der Waals surface area (Å²) in [6, 6.07) is 17.5. The Morgan fingerprint density at radius 3 is 2.73 bits per heavy atom. The highest BCUT2D eigenvalue weighted by molar-refractivity contribution is 6.02. The van der Waals surface area contributed by atoms with Gasteiger partial charge in [-0.2, -0.15) is 9.78 Å². The molecule has 0 bridgehead atoms. The van der Waals surface area contributed by atoms with Crippen LogP contribution in [0.15, 0.2) is 64.5 Å². The first kappa shape index (κ1) is 19.9. The van der Waals surface area contributed by atoms with E-state index in [9.17, 15) is 4.79 Å². The molecule has 0 atom stereocenters. The topological polar surface area (TPSA) is 68.5 Å². The lowest BCUT2D eigenvalue weighted by atomic mass is 9.92. The summed E-state index contributed by atoms with van der Waals surface area (Å²) in [6.45, 7) is 4.81. The number of ether oxygens (including phenoxy) is 1. The largest absolute Gasteiger partial charge is 0.497 e. The first-order valence-electron chi connectivity index (χ1n) is 10.2. The normalized spacial score (nSPS) is 13.0. The summed E-state index contributed by atoms with van der Waals surface area (Å²) < 4.78 is 6.70. The molecule has 2 heterocycles. The Hall–Kier alpha value is -3.41. The number of nitrogens with one attached hydrogen (secondary N) is 1. The fourth-order valence-corrected chi connectivity index (χ4v) is 3.71. The van der Waals surface area contributed by atoms with Crippen molar-refractivity contribution in [1.82, 2.24) is 9.66 Å². The average Bonchev–Trinajstić information content (AvgIpc) is 2.77. The summed E-state index contributed by atoms with van der Waals surface area (Å²) in [6.07, 6.45) is 1.45. The third-order valence-electron chi connectivity index (χ3n) is 5.26. The van der Waals surface area contributed by atoms with Crippen LogP contribution in [0.5, 0.6) is 5.75 Å². The van der Waals surface area contributed by atoms with Gasteiger partial charge in [0, 0.05) is 29.8 Å². The van der Waals surface area contributed by atoms with Gasteiger partial charge in [0.1, 0.15) is 11.6 Å². The van der Waals surface area contributed by atoms with Crippen LogP contribution >= 0.6 is 0 Å². The van der Waals surface area contributed by atoms with Crippen molar-refractivity contribution in [2.75, 3.05) is 12.4 Å². The summed E-state index contributed by atoms with van der Waals surface area (Å²) in [5, 5.41) is 7.96. The van der Waals surface area contributed by atoms with Crippen molar-refractivity contribution in [3.63, 3.8) is 0 Å². The average molecular weight is 402 g/mol. The van der Waals surface area contributed by atoms with Crippen molar-refractivity contribution in [1.29, 1.82) is 0 Å². The quantitative estimate of drug-likeness (QED) is 0.671. The van der Waals surface area contributed by atoms with Crippen LogP contribution in [0, 0.1) is 0 Å². The summed E-state index contributed by atoms with van der Waals surface area (Å²) in [4.78, 5) is 17.4. The molecule has 1 aliphatic heterocycles. The van der Waals surface area contributed by atoms with E-state index in [-0.39, 0.29) is 5.56 Å². The Bertz CT molecular complexity index is 1150. The number of aryl methyl sites for hydroxylation is 1. The molecule has 1 aromatic heterocycles. The monoisotopic (exact) mass is 402 g/mol. The summed E-state index contributed by atoms with van der Waals surface area (Å²) in [7, 11) is 1.64. The first-order valence-corrected chi connectivity index (χ1v) is 10.2. The highest BCUT2D eigenvalue weighted by Crippen LogP contribution is 2.23. The number of nitrogens with zero attached hydrogens (tertiary/aromatic N) is 3. The van der Waals surface area contributed by atoms with Gasteiger partial charge in [0.15, 0.2) is 0 Å². The molecule has 4 rings (SSSR count). The van der Waals surface area contributed by atoms with Crippen LogP contribution in [-0.4, -0.2) is 22.5 Å². The number of aromatic nitrogens is 2. The molecule has 0 saturated carbocycles.